The van der Waals surface area contributed by atoms with E-state index in [1.54, 1.807) is 43.8 Å². The quantitative estimate of drug-likeness (QED) is 0.373. The Morgan fingerprint density at radius 1 is 0.974 bits per heavy atom. The van der Waals surface area contributed by atoms with Gasteiger partial charge in [0.2, 0.25) is 5.91 Å². The Bertz CT molecular complexity index is 1270. The van der Waals surface area contributed by atoms with Crippen molar-refractivity contribution in [3.8, 4) is 11.5 Å². The molecule has 3 aromatic rings. The number of methoxy groups -OCH3 is 2. The molecule has 6 nitrogen and oxygen atoms in total. The first kappa shape index (κ1) is 26.3. The number of rotatable bonds is 7. The van der Waals surface area contributed by atoms with Crippen molar-refractivity contribution in [2.24, 2.45) is 0 Å². The van der Waals surface area contributed by atoms with Gasteiger partial charge in [0.25, 0.3) is 5.91 Å². The molecule has 0 N–H and O–H groups in total. The molecular weight excluding hydrogens is 496 g/mol. The molecular formula is C31H36N2O4S. The van der Waals surface area contributed by atoms with E-state index in [1.165, 1.54) is 16.9 Å². The van der Waals surface area contributed by atoms with Gasteiger partial charge in [-0.15, -0.1) is 11.3 Å². The van der Waals surface area contributed by atoms with Crippen LogP contribution in [0.1, 0.15) is 70.1 Å². The minimum absolute atomic E-state index is 0.0103. The third kappa shape index (κ3) is 5.30. The van der Waals surface area contributed by atoms with E-state index in [0.717, 1.165) is 43.2 Å². The monoisotopic (exact) mass is 532 g/mol. The molecule has 2 aromatic carbocycles. The van der Waals surface area contributed by atoms with Crippen LogP contribution in [0.5, 0.6) is 11.5 Å². The fourth-order valence-electron chi connectivity index (χ4n) is 5.91. The number of amides is 2. The SMILES string of the molecule is COc1cc(OC)cc(C(=O)N(CC(=O)N2CCc3sccc3C2c2ccccc2C)C2CCCCC2)c1. The van der Waals surface area contributed by atoms with Gasteiger partial charge in [-0.05, 0) is 66.5 Å². The second kappa shape index (κ2) is 11.6. The van der Waals surface area contributed by atoms with Crippen LogP contribution in [0, 0.1) is 6.92 Å². The second-order valence-corrected chi connectivity index (χ2v) is 11.2. The number of fused-ring (bicyclic) bond motifs is 1. The lowest BCUT2D eigenvalue weighted by atomic mass is 9.90. The largest absolute Gasteiger partial charge is 0.497 e. The molecule has 1 fully saturated rings. The molecule has 5 rings (SSSR count). The Morgan fingerprint density at radius 2 is 1.68 bits per heavy atom. The summed E-state index contributed by atoms with van der Waals surface area (Å²) in [7, 11) is 3.15. The summed E-state index contributed by atoms with van der Waals surface area (Å²) in [6.45, 7) is 2.81. The van der Waals surface area contributed by atoms with Crippen LogP contribution in [0.15, 0.2) is 53.9 Å². The highest BCUT2D eigenvalue weighted by molar-refractivity contribution is 7.10. The average Bonchev–Trinajstić information content (AvgIpc) is 3.44. The first-order valence-corrected chi connectivity index (χ1v) is 14.3. The van der Waals surface area contributed by atoms with Crippen LogP contribution in [0.3, 0.4) is 0 Å². The van der Waals surface area contributed by atoms with Crippen LogP contribution in [-0.4, -0.2) is 55.0 Å². The van der Waals surface area contributed by atoms with Crippen LogP contribution in [-0.2, 0) is 11.2 Å². The maximum absolute atomic E-state index is 14.1. The molecule has 38 heavy (non-hydrogen) atoms. The van der Waals surface area contributed by atoms with Gasteiger partial charge in [0.05, 0.1) is 20.3 Å². The van der Waals surface area contributed by atoms with Crippen molar-refractivity contribution in [3.05, 3.63) is 81.0 Å². The third-order valence-corrected chi connectivity index (χ3v) is 8.95. The molecule has 7 heteroatoms. The van der Waals surface area contributed by atoms with E-state index in [0.29, 0.717) is 23.6 Å². The molecule has 0 saturated heterocycles. The highest BCUT2D eigenvalue weighted by Crippen LogP contribution is 2.39. The summed E-state index contributed by atoms with van der Waals surface area (Å²) < 4.78 is 10.8. The zero-order valence-corrected chi connectivity index (χ0v) is 23.3. The number of carbonyl (C=O) groups excluding carboxylic acids is 2. The predicted octanol–water partition coefficient (Wildman–Crippen LogP) is 6.02. The van der Waals surface area contributed by atoms with E-state index in [-0.39, 0.29) is 30.4 Å². The standard InChI is InChI=1S/C31H36N2O4S/c1-21-9-7-8-12-26(21)30-27-14-16-38-28(27)13-15-32(30)29(34)20-33(23-10-5-4-6-11-23)31(35)22-17-24(36-2)19-25(18-22)37-3/h7-9,12,14,16-19,23,30H,4-6,10-11,13,15,20H2,1-3H3. The van der Waals surface area contributed by atoms with E-state index in [1.807, 2.05) is 21.9 Å². The Kier molecular flexibility index (Phi) is 8.03. The fraction of sp³-hybridized carbons (Fsp3) is 0.419. The van der Waals surface area contributed by atoms with Crippen molar-refractivity contribution in [1.29, 1.82) is 0 Å². The molecule has 1 aliphatic carbocycles. The molecule has 1 unspecified atom stereocenters. The van der Waals surface area contributed by atoms with Crippen molar-refractivity contribution in [3.63, 3.8) is 0 Å². The Labute approximate surface area is 229 Å². The van der Waals surface area contributed by atoms with Gasteiger partial charge in [-0.2, -0.15) is 0 Å². The lowest BCUT2D eigenvalue weighted by Crippen LogP contribution is -2.50. The Hall–Kier alpha value is -3.32. The predicted molar refractivity (Wildman–Crippen MR) is 150 cm³/mol. The molecule has 0 bridgehead atoms. The number of benzene rings is 2. The van der Waals surface area contributed by atoms with E-state index in [9.17, 15) is 9.59 Å². The van der Waals surface area contributed by atoms with Crippen LogP contribution in [0.25, 0.3) is 0 Å². The third-order valence-electron chi connectivity index (χ3n) is 7.95. The van der Waals surface area contributed by atoms with E-state index in [2.05, 4.69) is 30.5 Å². The van der Waals surface area contributed by atoms with Gasteiger partial charge in [-0.25, -0.2) is 0 Å². The van der Waals surface area contributed by atoms with Crippen LogP contribution in [0.4, 0.5) is 0 Å². The molecule has 1 atom stereocenters. The summed E-state index contributed by atoms with van der Waals surface area (Å²) in [5.41, 5.74) is 4.00. The molecule has 2 heterocycles. The van der Waals surface area contributed by atoms with E-state index < -0.39 is 0 Å². The van der Waals surface area contributed by atoms with Crippen LogP contribution in [0.2, 0.25) is 0 Å². The normalized spacial score (nSPS) is 17.6. The van der Waals surface area contributed by atoms with E-state index in [4.69, 9.17) is 9.47 Å². The van der Waals surface area contributed by atoms with Gasteiger partial charge in [0, 0.05) is 29.1 Å². The number of hydrogen-bond acceptors (Lipinski definition) is 5. The first-order chi connectivity index (χ1) is 18.5. The topological polar surface area (TPSA) is 59.1 Å². The summed E-state index contributed by atoms with van der Waals surface area (Å²) >= 11 is 1.76. The second-order valence-electron chi connectivity index (χ2n) is 10.2. The average molecular weight is 533 g/mol. The molecule has 1 saturated carbocycles. The van der Waals surface area contributed by atoms with Gasteiger partial charge < -0.3 is 19.3 Å². The zero-order valence-electron chi connectivity index (χ0n) is 22.4. The zero-order chi connectivity index (χ0) is 26.6. The summed E-state index contributed by atoms with van der Waals surface area (Å²) in [5, 5.41) is 2.12. The number of aryl methyl sites for hydroxylation is 1. The van der Waals surface area contributed by atoms with Crippen LogP contribution >= 0.6 is 11.3 Å². The van der Waals surface area contributed by atoms with Gasteiger partial charge >= 0.3 is 0 Å². The van der Waals surface area contributed by atoms with Crippen molar-refractivity contribution in [1.82, 2.24) is 9.80 Å². The summed E-state index contributed by atoms with van der Waals surface area (Å²) in [4.78, 5) is 33.3. The highest BCUT2D eigenvalue weighted by atomic mass is 32.1. The molecule has 2 aliphatic rings. The van der Waals surface area contributed by atoms with Gasteiger partial charge in [0.1, 0.15) is 18.0 Å². The Balaban J connectivity index is 1.48. The lowest BCUT2D eigenvalue weighted by molar-refractivity contribution is -0.134. The van der Waals surface area contributed by atoms with Crippen molar-refractivity contribution >= 4 is 23.2 Å². The molecule has 0 radical (unpaired) electrons. The van der Waals surface area contributed by atoms with Crippen molar-refractivity contribution in [2.75, 3.05) is 27.3 Å². The minimum atomic E-state index is -0.150. The molecule has 2 amide bonds. The maximum atomic E-state index is 14.1. The summed E-state index contributed by atoms with van der Waals surface area (Å²) in [6, 6.07) is 15.6. The van der Waals surface area contributed by atoms with Gasteiger partial charge in [-0.1, -0.05) is 43.5 Å². The van der Waals surface area contributed by atoms with Gasteiger partial charge in [0.15, 0.2) is 0 Å². The molecule has 200 valence electrons. The number of carbonyl (C=O) groups is 2. The molecule has 0 spiro atoms. The summed E-state index contributed by atoms with van der Waals surface area (Å²) in [6.07, 6.45) is 5.97. The first-order valence-electron chi connectivity index (χ1n) is 13.5. The minimum Gasteiger partial charge on any atom is -0.497 e. The maximum Gasteiger partial charge on any atom is 0.254 e. The van der Waals surface area contributed by atoms with Crippen molar-refractivity contribution < 1.29 is 19.1 Å². The molecule has 1 aromatic heterocycles. The highest BCUT2D eigenvalue weighted by Gasteiger charge is 2.36. The van der Waals surface area contributed by atoms with Gasteiger partial charge in [-0.3, -0.25) is 9.59 Å². The molecule has 1 aliphatic heterocycles. The van der Waals surface area contributed by atoms with E-state index >= 15 is 0 Å². The lowest BCUT2D eigenvalue weighted by Gasteiger charge is -2.40. The van der Waals surface area contributed by atoms with Crippen molar-refractivity contribution in [2.45, 2.75) is 57.5 Å². The number of hydrogen-bond donors (Lipinski definition) is 0. The fourth-order valence-corrected chi connectivity index (χ4v) is 6.81. The summed E-state index contributed by atoms with van der Waals surface area (Å²) in [5.74, 6) is 0.957. The smallest absolute Gasteiger partial charge is 0.254 e. The number of nitrogens with zero attached hydrogens (tertiary/aromatic N) is 2. The van der Waals surface area contributed by atoms with Crippen LogP contribution < -0.4 is 9.47 Å². The number of thiophene rings is 1. The Morgan fingerprint density at radius 3 is 2.37 bits per heavy atom. The number of ether oxygens (including phenoxy) is 2.